The van der Waals surface area contributed by atoms with Gasteiger partial charge in [0.15, 0.2) is 5.76 Å². The zero-order chi connectivity index (χ0) is 19.6. The quantitative estimate of drug-likeness (QED) is 0.655. The molecule has 4 nitrogen and oxygen atoms in total. The van der Waals surface area contributed by atoms with Crippen molar-refractivity contribution in [3.05, 3.63) is 72.5 Å². The molecule has 3 saturated heterocycles. The Bertz CT molecular complexity index is 993. The van der Waals surface area contributed by atoms with Crippen molar-refractivity contribution in [1.29, 1.82) is 0 Å². The van der Waals surface area contributed by atoms with E-state index in [-0.39, 0.29) is 11.9 Å². The van der Waals surface area contributed by atoms with E-state index in [4.69, 9.17) is 4.42 Å². The van der Waals surface area contributed by atoms with Crippen LogP contribution in [-0.2, 0) is 0 Å². The number of benzene rings is 2. The molecule has 148 valence electrons. The van der Waals surface area contributed by atoms with Crippen molar-refractivity contribution >= 4 is 17.7 Å². The summed E-state index contributed by atoms with van der Waals surface area (Å²) in [6.45, 7) is 3.29. The molecule has 29 heavy (non-hydrogen) atoms. The Kier molecular flexibility index (Phi) is 5.17. The predicted molar refractivity (Wildman–Crippen MR) is 115 cm³/mol. The van der Waals surface area contributed by atoms with Gasteiger partial charge in [0.1, 0.15) is 5.76 Å². The Morgan fingerprint density at radius 3 is 2.48 bits per heavy atom. The summed E-state index contributed by atoms with van der Waals surface area (Å²) >= 11 is 1.70. The minimum atomic E-state index is -0.108. The van der Waals surface area contributed by atoms with E-state index in [1.165, 1.54) is 17.7 Å². The maximum Gasteiger partial charge on any atom is 0.287 e. The normalized spacial score (nSPS) is 23.1. The van der Waals surface area contributed by atoms with E-state index in [2.05, 4.69) is 28.4 Å². The third-order valence-corrected chi connectivity index (χ3v) is 7.01. The highest BCUT2D eigenvalue weighted by Crippen LogP contribution is 2.36. The first-order valence-electron chi connectivity index (χ1n) is 10.2. The number of furan rings is 1. The van der Waals surface area contributed by atoms with Crippen LogP contribution in [0.2, 0.25) is 0 Å². The second kappa shape index (κ2) is 8.09. The van der Waals surface area contributed by atoms with Crippen LogP contribution in [0, 0.1) is 5.92 Å². The first-order chi connectivity index (χ1) is 14.3. The van der Waals surface area contributed by atoms with Crippen LogP contribution in [0.4, 0.5) is 0 Å². The van der Waals surface area contributed by atoms with Crippen LogP contribution in [0.5, 0.6) is 0 Å². The molecule has 3 aliphatic rings. The Hall–Kier alpha value is -2.50. The fraction of sp³-hybridized carbons (Fsp3) is 0.292. The van der Waals surface area contributed by atoms with Crippen LogP contribution in [0.15, 0.2) is 80.9 Å². The maximum atomic E-state index is 12.8. The average Bonchev–Trinajstić information content (AvgIpc) is 3.26. The average molecular weight is 405 g/mol. The molecule has 0 saturated carbocycles. The van der Waals surface area contributed by atoms with Crippen LogP contribution in [0.3, 0.4) is 0 Å². The molecule has 1 aromatic heterocycles. The van der Waals surface area contributed by atoms with Gasteiger partial charge in [-0.3, -0.25) is 4.79 Å². The molecule has 5 heteroatoms. The lowest BCUT2D eigenvalue weighted by Gasteiger charge is -2.44. The summed E-state index contributed by atoms with van der Waals surface area (Å²) in [5, 5.41) is 3.21. The summed E-state index contributed by atoms with van der Waals surface area (Å²) in [5.74, 6) is 1.60. The van der Waals surface area contributed by atoms with Gasteiger partial charge in [0.2, 0.25) is 0 Å². The fourth-order valence-corrected chi connectivity index (χ4v) is 5.32. The molecule has 0 spiro atoms. The number of piperidine rings is 3. The lowest BCUT2D eigenvalue weighted by atomic mass is 9.84. The number of amides is 1. The molecule has 3 fully saturated rings. The molecule has 2 bridgehead atoms. The van der Waals surface area contributed by atoms with Crippen molar-refractivity contribution in [3.63, 3.8) is 0 Å². The molecule has 3 aromatic rings. The number of hydrogen-bond donors (Lipinski definition) is 1. The molecule has 1 N–H and O–H groups in total. The monoisotopic (exact) mass is 404 g/mol. The van der Waals surface area contributed by atoms with E-state index >= 15 is 0 Å². The molecule has 3 aliphatic heterocycles. The van der Waals surface area contributed by atoms with Gasteiger partial charge in [-0.1, -0.05) is 48.2 Å². The molecule has 4 heterocycles. The number of carbonyl (C=O) groups is 1. The van der Waals surface area contributed by atoms with E-state index in [0.717, 1.165) is 35.9 Å². The summed E-state index contributed by atoms with van der Waals surface area (Å²) in [4.78, 5) is 17.5. The number of carbonyl (C=O) groups excluding carboxylic acids is 1. The van der Waals surface area contributed by atoms with E-state index in [0.29, 0.717) is 11.7 Å². The number of hydrogen-bond acceptors (Lipinski definition) is 4. The number of nitrogens with one attached hydrogen (secondary N) is 1. The van der Waals surface area contributed by atoms with Gasteiger partial charge < -0.3 is 14.6 Å². The van der Waals surface area contributed by atoms with Crippen LogP contribution >= 0.6 is 11.8 Å². The largest absolute Gasteiger partial charge is 0.451 e. The summed E-state index contributed by atoms with van der Waals surface area (Å²) in [6.07, 6.45) is 2.36. The van der Waals surface area contributed by atoms with Crippen molar-refractivity contribution in [3.8, 4) is 11.3 Å². The van der Waals surface area contributed by atoms with E-state index in [9.17, 15) is 4.79 Å². The molecule has 1 amide bonds. The Morgan fingerprint density at radius 2 is 1.72 bits per heavy atom. The highest BCUT2D eigenvalue weighted by molar-refractivity contribution is 7.99. The number of rotatable bonds is 5. The maximum absolute atomic E-state index is 12.8. The Balaban J connectivity index is 1.33. The first-order valence-corrected chi connectivity index (χ1v) is 11.0. The summed E-state index contributed by atoms with van der Waals surface area (Å²) in [7, 11) is 0. The SMILES string of the molecule is O=C(N[C@H]1CN2CCC1CC2)c1ccc(-c2ccccc2Sc2ccccc2)o1. The summed E-state index contributed by atoms with van der Waals surface area (Å²) in [5.41, 5.74) is 1.00. The zero-order valence-corrected chi connectivity index (χ0v) is 17.0. The smallest absolute Gasteiger partial charge is 0.287 e. The van der Waals surface area contributed by atoms with Gasteiger partial charge in [0.05, 0.1) is 0 Å². The van der Waals surface area contributed by atoms with Gasteiger partial charge in [-0.2, -0.15) is 0 Å². The van der Waals surface area contributed by atoms with E-state index < -0.39 is 0 Å². The second-order valence-corrected chi connectivity index (χ2v) is 8.91. The molecule has 0 aliphatic carbocycles. The third-order valence-electron chi connectivity index (χ3n) is 5.93. The standard InChI is InChI=1S/C24H24N2O2S/c27-24(25-20-16-26-14-12-17(20)13-15-26)22-11-10-21(28-22)19-8-4-5-9-23(19)29-18-6-2-1-3-7-18/h1-11,17,20H,12-16H2,(H,25,27)/t20-/m0/s1. The van der Waals surface area contributed by atoms with Crippen LogP contribution in [0.25, 0.3) is 11.3 Å². The lowest BCUT2D eigenvalue weighted by molar-refractivity contribution is 0.0606. The molecule has 1 atom stereocenters. The zero-order valence-electron chi connectivity index (χ0n) is 16.2. The Morgan fingerprint density at radius 1 is 0.966 bits per heavy atom. The molecular formula is C24H24N2O2S. The highest BCUT2D eigenvalue weighted by Gasteiger charge is 2.35. The summed E-state index contributed by atoms with van der Waals surface area (Å²) < 4.78 is 5.99. The first kappa shape index (κ1) is 18.5. The van der Waals surface area contributed by atoms with Gasteiger partial charge in [0.25, 0.3) is 5.91 Å². The summed E-state index contributed by atoms with van der Waals surface area (Å²) in [6, 6.07) is 22.4. The van der Waals surface area contributed by atoms with Gasteiger partial charge >= 0.3 is 0 Å². The van der Waals surface area contributed by atoms with E-state index in [1.54, 1.807) is 17.8 Å². The van der Waals surface area contributed by atoms with Crippen molar-refractivity contribution in [2.24, 2.45) is 5.92 Å². The third kappa shape index (κ3) is 3.98. The highest BCUT2D eigenvalue weighted by atomic mass is 32.2. The van der Waals surface area contributed by atoms with Crippen molar-refractivity contribution in [1.82, 2.24) is 10.2 Å². The van der Waals surface area contributed by atoms with Gasteiger partial charge in [-0.05, 0) is 62.2 Å². The van der Waals surface area contributed by atoms with Gasteiger partial charge in [0, 0.05) is 27.9 Å². The van der Waals surface area contributed by atoms with Crippen molar-refractivity contribution in [2.75, 3.05) is 19.6 Å². The van der Waals surface area contributed by atoms with Gasteiger partial charge in [-0.15, -0.1) is 0 Å². The van der Waals surface area contributed by atoms with Crippen LogP contribution < -0.4 is 5.32 Å². The number of nitrogens with zero attached hydrogens (tertiary/aromatic N) is 1. The predicted octanol–water partition coefficient (Wildman–Crippen LogP) is 4.92. The molecule has 2 aromatic carbocycles. The second-order valence-electron chi connectivity index (χ2n) is 7.79. The number of fused-ring (bicyclic) bond motifs is 3. The molecule has 0 unspecified atom stereocenters. The fourth-order valence-electron chi connectivity index (χ4n) is 4.35. The molecular weight excluding hydrogens is 380 g/mol. The van der Waals surface area contributed by atoms with Crippen molar-refractivity contribution < 1.29 is 9.21 Å². The minimum Gasteiger partial charge on any atom is -0.451 e. The van der Waals surface area contributed by atoms with Crippen LogP contribution in [0.1, 0.15) is 23.4 Å². The molecule has 6 rings (SSSR count). The van der Waals surface area contributed by atoms with Crippen LogP contribution in [-0.4, -0.2) is 36.5 Å². The lowest BCUT2D eigenvalue weighted by Crippen LogP contribution is -2.57. The van der Waals surface area contributed by atoms with E-state index in [1.807, 2.05) is 42.5 Å². The molecule has 0 radical (unpaired) electrons. The van der Waals surface area contributed by atoms with Crippen molar-refractivity contribution in [2.45, 2.75) is 28.7 Å². The van der Waals surface area contributed by atoms with Gasteiger partial charge in [-0.25, -0.2) is 0 Å². The Labute approximate surface area is 175 Å². The minimum absolute atomic E-state index is 0.108. The topological polar surface area (TPSA) is 45.5 Å².